The molecule has 0 spiro atoms. The Morgan fingerprint density at radius 2 is 2.04 bits per heavy atom. The molecule has 5 nitrogen and oxygen atoms in total. The van der Waals surface area contributed by atoms with Gasteiger partial charge in [-0.1, -0.05) is 11.2 Å². The van der Waals surface area contributed by atoms with Gasteiger partial charge in [0.15, 0.2) is 5.69 Å². The molecule has 2 N–H and O–H groups in total. The maximum Gasteiger partial charge on any atom is 0.419 e. The third-order valence-corrected chi connectivity index (χ3v) is 5.14. The smallest absolute Gasteiger partial charge is 0.391 e. The number of hydrogen-bond donors (Lipinski definition) is 2. The fourth-order valence-corrected chi connectivity index (χ4v) is 3.59. The van der Waals surface area contributed by atoms with E-state index in [-0.39, 0.29) is 24.1 Å². The number of hydrogen-bond acceptors (Lipinski definition) is 4. The minimum Gasteiger partial charge on any atom is -0.391 e. The Morgan fingerprint density at radius 1 is 1.30 bits per heavy atom. The maximum absolute atomic E-state index is 13.9. The third kappa shape index (κ3) is 4.24. The molecule has 1 saturated carbocycles. The zero-order chi connectivity index (χ0) is 19.8. The highest BCUT2D eigenvalue weighted by molar-refractivity contribution is 6.21. The quantitative estimate of drug-likeness (QED) is 0.604. The van der Waals surface area contributed by atoms with Crippen LogP contribution in [-0.2, 0) is 6.18 Å². The first kappa shape index (κ1) is 19.6. The standard InChI is InChI=1S/C17H15ClF4N2O3/c18-15-10(8-1-2-11(12(19)5-8)17(20,21)22)6-9(7-14(15)25)23-16(26)13-3-4-27-24-13/h1-5,9-10,14-15,25H,6-7H2,(H,23,26)/t9-,10?,14+,15?/m1/s1. The molecule has 10 heteroatoms. The number of aliphatic hydroxyl groups excluding tert-OH is 1. The van der Waals surface area contributed by atoms with E-state index in [1.54, 1.807) is 0 Å². The molecule has 1 fully saturated rings. The van der Waals surface area contributed by atoms with Gasteiger partial charge in [0, 0.05) is 18.0 Å². The zero-order valence-corrected chi connectivity index (χ0v) is 14.5. The van der Waals surface area contributed by atoms with E-state index in [0.29, 0.717) is 6.07 Å². The van der Waals surface area contributed by atoms with Crippen LogP contribution in [0.5, 0.6) is 0 Å². The molecule has 3 rings (SSSR count). The van der Waals surface area contributed by atoms with Crippen LogP contribution < -0.4 is 5.32 Å². The molecule has 146 valence electrons. The van der Waals surface area contributed by atoms with Gasteiger partial charge in [-0.15, -0.1) is 11.6 Å². The summed E-state index contributed by atoms with van der Waals surface area (Å²) in [6, 6.07) is 3.41. The fraction of sp³-hybridized carbons (Fsp3) is 0.412. The van der Waals surface area contributed by atoms with Crippen LogP contribution in [0, 0.1) is 5.82 Å². The number of benzene rings is 1. The van der Waals surface area contributed by atoms with E-state index in [1.807, 2.05) is 0 Å². The van der Waals surface area contributed by atoms with Gasteiger partial charge in [-0.05, 0) is 30.5 Å². The molecule has 0 saturated heterocycles. The van der Waals surface area contributed by atoms with Gasteiger partial charge in [0.1, 0.15) is 12.1 Å². The van der Waals surface area contributed by atoms with Gasteiger partial charge in [-0.3, -0.25) is 4.79 Å². The van der Waals surface area contributed by atoms with Gasteiger partial charge in [0.05, 0.1) is 17.0 Å². The molecular formula is C17H15ClF4N2O3. The number of amides is 1. The topological polar surface area (TPSA) is 75.4 Å². The zero-order valence-electron chi connectivity index (χ0n) is 13.7. The predicted octanol–water partition coefficient (Wildman–Crippen LogP) is 3.48. The number of rotatable bonds is 3. The van der Waals surface area contributed by atoms with Gasteiger partial charge in [-0.2, -0.15) is 13.2 Å². The van der Waals surface area contributed by atoms with Crippen molar-refractivity contribution in [3.05, 3.63) is 53.2 Å². The fourth-order valence-electron chi connectivity index (χ4n) is 3.24. The second-order valence-corrected chi connectivity index (χ2v) is 6.89. The molecular weight excluding hydrogens is 392 g/mol. The Kier molecular flexibility index (Phi) is 5.43. The van der Waals surface area contributed by atoms with E-state index in [2.05, 4.69) is 15.0 Å². The Hall–Kier alpha value is -2.13. The number of aliphatic hydroxyl groups is 1. The summed E-state index contributed by atoms with van der Waals surface area (Å²) in [6.07, 6.45) is -4.23. The summed E-state index contributed by atoms with van der Waals surface area (Å²) < 4.78 is 56.7. The van der Waals surface area contributed by atoms with Crippen LogP contribution in [-0.4, -0.2) is 33.7 Å². The number of carbonyl (C=O) groups is 1. The lowest BCUT2D eigenvalue weighted by atomic mass is 9.79. The molecule has 1 aromatic carbocycles. The Morgan fingerprint density at radius 3 is 2.63 bits per heavy atom. The van der Waals surface area contributed by atoms with E-state index >= 15 is 0 Å². The van der Waals surface area contributed by atoms with Crippen LogP contribution in [0.25, 0.3) is 0 Å². The van der Waals surface area contributed by atoms with Crippen molar-refractivity contribution in [1.82, 2.24) is 10.5 Å². The second-order valence-electron chi connectivity index (χ2n) is 6.38. The number of alkyl halides is 4. The molecule has 0 aliphatic heterocycles. The van der Waals surface area contributed by atoms with E-state index in [9.17, 15) is 27.5 Å². The van der Waals surface area contributed by atoms with Crippen LogP contribution in [0.4, 0.5) is 17.6 Å². The lowest BCUT2D eigenvalue weighted by Gasteiger charge is -2.37. The second kappa shape index (κ2) is 7.47. The molecule has 1 aliphatic rings. The Balaban J connectivity index is 1.79. The monoisotopic (exact) mass is 406 g/mol. The molecule has 0 radical (unpaired) electrons. The molecule has 0 bridgehead atoms. The average molecular weight is 407 g/mol. The normalized spacial score (nSPS) is 26.0. The Labute approximate surface area is 156 Å². The molecule has 27 heavy (non-hydrogen) atoms. The largest absolute Gasteiger partial charge is 0.419 e. The van der Waals surface area contributed by atoms with Crippen LogP contribution in [0.1, 0.15) is 40.4 Å². The Bertz CT molecular complexity index is 813. The molecule has 1 aromatic heterocycles. The molecule has 1 aliphatic carbocycles. The molecule has 2 unspecified atom stereocenters. The first-order valence-electron chi connectivity index (χ1n) is 8.07. The number of nitrogens with zero attached hydrogens (tertiary/aromatic N) is 1. The van der Waals surface area contributed by atoms with Gasteiger partial charge in [-0.25, -0.2) is 4.39 Å². The van der Waals surface area contributed by atoms with Crippen molar-refractivity contribution in [3.8, 4) is 0 Å². The first-order chi connectivity index (χ1) is 12.7. The minimum absolute atomic E-state index is 0.0506. The van der Waals surface area contributed by atoms with Crippen LogP contribution in [0.15, 0.2) is 35.1 Å². The van der Waals surface area contributed by atoms with Crippen LogP contribution in [0.2, 0.25) is 0 Å². The van der Waals surface area contributed by atoms with Crippen molar-refractivity contribution in [2.45, 2.75) is 42.5 Å². The van der Waals surface area contributed by atoms with Crippen molar-refractivity contribution in [3.63, 3.8) is 0 Å². The maximum atomic E-state index is 13.9. The number of aromatic nitrogens is 1. The van der Waals surface area contributed by atoms with E-state index in [0.717, 1.165) is 12.1 Å². The number of halogens is 5. The summed E-state index contributed by atoms with van der Waals surface area (Å²) in [5.74, 6) is -2.58. The van der Waals surface area contributed by atoms with Gasteiger partial charge < -0.3 is 14.9 Å². The molecule has 4 atom stereocenters. The summed E-state index contributed by atoms with van der Waals surface area (Å²) >= 11 is 6.22. The van der Waals surface area contributed by atoms with E-state index in [1.165, 1.54) is 12.3 Å². The summed E-state index contributed by atoms with van der Waals surface area (Å²) in [5, 5.41) is 15.5. The summed E-state index contributed by atoms with van der Waals surface area (Å²) in [5.41, 5.74) is -1.10. The molecule has 1 amide bonds. The molecule has 1 heterocycles. The van der Waals surface area contributed by atoms with Crippen molar-refractivity contribution >= 4 is 17.5 Å². The highest BCUT2D eigenvalue weighted by Gasteiger charge is 2.39. The van der Waals surface area contributed by atoms with Crippen molar-refractivity contribution < 1.29 is 32.0 Å². The summed E-state index contributed by atoms with van der Waals surface area (Å²) in [6.45, 7) is 0. The lowest BCUT2D eigenvalue weighted by Crippen LogP contribution is -2.46. The van der Waals surface area contributed by atoms with Crippen molar-refractivity contribution in [1.29, 1.82) is 0 Å². The van der Waals surface area contributed by atoms with Crippen molar-refractivity contribution in [2.75, 3.05) is 0 Å². The van der Waals surface area contributed by atoms with E-state index < -0.39 is 46.9 Å². The van der Waals surface area contributed by atoms with Crippen LogP contribution in [0.3, 0.4) is 0 Å². The van der Waals surface area contributed by atoms with E-state index in [4.69, 9.17) is 11.6 Å². The predicted molar refractivity (Wildman–Crippen MR) is 86.8 cm³/mol. The van der Waals surface area contributed by atoms with Crippen LogP contribution >= 0.6 is 11.6 Å². The van der Waals surface area contributed by atoms with Gasteiger partial charge in [0.2, 0.25) is 0 Å². The summed E-state index contributed by atoms with van der Waals surface area (Å²) in [4.78, 5) is 12.1. The SMILES string of the molecule is O=C(N[C@@H]1CC(c2ccc(C(F)(F)F)c(F)c2)C(Cl)[C@@H](O)C1)c1ccon1. The average Bonchev–Trinajstić information content (AvgIpc) is 3.11. The molecule has 2 aromatic rings. The number of carbonyl (C=O) groups excluding carboxylic acids is 1. The van der Waals surface area contributed by atoms with Gasteiger partial charge >= 0.3 is 6.18 Å². The minimum atomic E-state index is -4.80. The summed E-state index contributed by atoms with van der Waals surface area (Å²) in [7, 11) is 0. The highest BCUT2D eigenvalue weighted by atomic mass is 35.5. The van der Waals surface area contributed by atoms with Gasteiger partial charge in [0.25, 0.3) is 5.91 Å². The highest BCUT2D eigenvalue weighted by Crippen LogP contribution is 2.39. The first-order valence-corrected chi connectivity index (χ1v) is 8.50. The third-order valence-electron chi connectivity index (χ3n) is 4.55. The lowest BCUT2D eigenvalue weighted by molar-refractivity contribution is -0.140. The number of nitrogens with one attached hydrogen (secondary N) is 1. The van der Waals surface area contributed by atoms with Crippen molar-refractivity contribution in [2.24, 2.45) is 0 Å².